The van der Waals surface area contributed by atoms with Crippen LogP contribution in [0.15, 0.2) is 17.2 Å². The zero-order valence-corrected chi connectivity index (χ0v) is 13.9. The van der Waals surface area contributed by atoms with Crippen molar-refractivity contribution < 1.29 is 8.42 Å². The summed E-state index contributed by atoms with van der Waals surface area (Å²) in [6, 6.07) is 2.11. The molecule has 0 spiro atoms. The zero-order valence-electron chi connectivity index (χ0n) is 12.3. The summed E-state index contributed by atoms with van der Waals surface area (Å²) >= 11 is 5.93. The van der Waals surface area contributed by atoms with Gasteiger partial charge in [0.1, 0.15) is 4.90 Å². The molecule has 1 aromatic heterocycles. The summed E-state index contributed by atoms with van der Waals surface area (Å²) in [5.74, 6) is 0.324. The van der Waals surface area contributed by atoms with E-state index in [2.05, 4.69) is 0 Å². The molecule has 0 bridgehead atoms. The molecular formula is C14H23ClN2O2S. The van der Waals surface area contributed by atoms with Crippen LogP contribution in [0.5, 0.6) is 0 Å². The van der Waals surface area contributed by atoms with Crippen molar-refractivity contribution in [2.45, 2.75) is 62.9 Å². The van der Waals surface area contributed by atoms with Gasteiger partial charge in [0.15, 0.2) is 0 Å². The highest BCUT2D eigenvalue weighted by Gasteiger charge is 2.38. The molecular weight excluding hydrogens is 296 g/mol. The zero-order chi connectivity index (χ0) is 14.9. The SMILES string of the molecule is CCCN(C1CC1)S(=O)(=O)c1cc(CCl)n(C(C)C)c1. The van der Waals surface area contributed by atoms with Crippen LogP contribution in [0.4, 0.5) is 0 Å². The highest BCUT2D eigenvalue weighted by Crippen LogP contribution is 2.33. The van der Waals surface area contributed by atoms with Crippen molar-refractivity contribution >= 4 is 21.6 Å². The van der Waals surface area contributed by atoms with E-state index in [0.717, 1.165) is 25.0 Å². The van der Waals surface area contributed by atoms with Crippen LogP contribution in [0.2, 0.25) is 0 Å². The van der Waals surface area contributed by atoms with Crippen LogP contribution < -0.4 is 0 Å². The van der Waals surface area contributed by atoms with Crippen LogP contribution in [-0.4, -0.2) is 29.9 Å². The number of hydrogen-bond acceptors (Lipinski definition) is 2. The van der Waals surface area contributed by atoms with Gasteiger partial charge in [-0.2, -0.15) is 4.31 Å². The summed E-state index contributed by atoms with van der Waals surface area (Å²) in [6.07, 6.45) is 4.52. The van der Waals surface area contributed by atoms with E-state index in [9.17, 15) is 8.42 Å². The van der Waals surface area contributed by atoms with Gasteiger partial charge in [0.2, 0.25) is 10.0 Å². The summed E-state index contributed by atoms with van der Waals surface area (Å²) in [5, 5.41) is 0. The maximum absolute atomic E-state index is 12.8. The summed E-state index contributed by atoms with van der Waals surface area (Å²) in [5.41, 5.74) is 0.854. The third-order valence-electron chi connectivity index (χ3n) is 3.60. The normalized spacial score (nSPS) is 16.3. The molecule has 1 aromatic rings. The van der Waals surface area contributed by atoms with E-state index >= 15 is 0 Å². The number of hydrogen-bond donors (Lipinski definition) is 0. The average molecular weight is 319 g/mol. The Morgan fingerprint density at radius 2 is 2.10 bits per heavy atom. The van der Waals surface area contributed by atoms with Crippen LogP contribution in [0.1, 0.15) is 51.8 Å². The Labute approximate surface area is 126 Å². The van der Waals surface area contributed by atoms with E-state index in [1.165, 1.54) is 0 Å². The van der Waals surface area contributed by atoms with Crippen molar-refractivity contribution in [1.29, 1.82) is 0 Å². The topological polar surface area (TPSA) is 42.3 Å². The molecule has 1 fully saturated rings. The number of aromatic nitrogens is 1. The van der Waals surface area contributed by atoms with Gasteiger partial charge in [-0.05, 0) is 39.2 Å². The van der Waals surface area contributed by atoms with Gasteiger partial charge < -0.3 is 4.57 Å². The van der Waals surface area contributed by atoms with Crippen molar-refractivity contribution in [3.8, 4) is 0 Å². The van der Waals surface area contributed by atoms with Gasteiger partial charge in [0, 0.05) is 30.5 Å². The quantitative estimate of drug-likeness (QED) is 0.723. The number of rotatable bonds is 7. The number of sulfonamides is 1. The molecule has 114 valence electrons. The van der Waals surface area contributed by atoms with E-state index in [1.807, 2.05) is 25.3 Å². The predicted octanol–water partition coefficient (Wildman–Crippen LogP) is 3.37. The minimum atomic E-state index is -3.39. The van der Waals surface area contributed by atoms with Crippen molar-refractivity contribution in [2.75, 3.05) is 6.54 Å². The molecule has 0 aromatic carbocycles. The molecule has 0 aliphatic heterocycles. The minimum Gasteiger partial charge on any atom is -0.346 e. The summed E-state index contributed by atoms with van der Waals surface area (Å²) in [7, 11) is -3.39. The van der Waals surface area contributed by atoms with Crippen molar-refractivity contribution in [1.82, 2.24) is 8.87 Å². The fourth-order valence-electron chi connectivity index (χ4n) is 2.44. The van der Waals surface area contributed by atoms with Gasteiger partial charge in [0.25, 0.3) is 0 Å². The monoisotopic (exact) mass is 318 g/mol. The number of nitrogens with zero attached hydrogens (tertiary/aromatic N) is 2. The van der Waals surface area contributed by atoms with Crippen molar-refractivity contribution in [2.24, 2.45) is 0 Å². The Hall–Kier alpha value is -0.520. The van der Waals surface area contributed by atoms with E-state index in [-0.39, 0.29) is 12.1 Å². The van der Waals surface area contributed by atoms with Crippen molar-refractivity contribution in [3.63, 3.8) is 0 Å². The third-order valence-corrected chi connectivity index (χ3v) is 5.80. The minimum absolute atomic E-state index is 0.196. The lowest BCUT2D eigenvalue weighted by Gasteiger charge is -2.20. The second-order valence-electron chi connectivity index (χ2n) is 5.65. The fraction of sp³-hybridized carbons (Fsp3) is 0.714. The van der Waals surface area contributed by atoms with Crippen LogP contribution in [0.3, 0.4) is 0 Å². The number of halogens is 1. The molecule has 0 unspecified atom stereocenters. The Morgan fingerprint density at radius 3 is 2.50 bits per heavy atom. The Kier molecular flexibility index (Phi) is 4.82. The molecule has 0 atom stereocenters. The standard InChI is InChI=1S/C14H23ClN2O2S/c1-4-7-17(12-5-6-12)20(18,19)14-8-13(9-15)16(10-14)11(2)3/h8,10-12H,4-7,9H2,1-3H3. The lowest BCUT2D eigenvalue weighted by Crippen LogP contribution is -2.33. The predicted molar refractivity (Wildman–Crippen MR) is 81.6 cm³/mol. The van der Waals surface area contributed by atoms with Gasteiger partial charge >= 0.3 is 0 Å². The molecule has 1 aliphatic carbocycles. The van der Waals surface area contributed by atoms with Crippen LogP contribution in [-0.2, 0) is 15.9 Å². The molecule has 1 saturated carbocycles. The highest BCUT2D eigenvalue weighted by atomic mass is 35.5. The second-order valence-corrected chi connectivity index (χ2v) is 7.81. The summed E-state index contributed by atoms with van der Waals surface area (Å²) in [6.45, 7) is 6.65. The Bertz CT molecular complexity index is 562. The molecule has 0 N–H and O–H groups in total. The Balaban J connectivity index is 2.37. The molecule has 20 heavy (non-hydrogen) atoms. The maximum atomic E-state index is 12.8. The van der Waals surface area contributed by atoms with Crippen LogP contribution in [0, 0.1) is 0 Å². The average Bonchev–Trinajstić information content (AvgIpc) is 3.11. The van der Waals surface area contributed by atoms with Crippen molar-refractivity contribution in [3.05, 3.63) is 18.0 Å². The van der Waals surface area contributed by atoms with E-state index in [0.29, 0.717) is 17.3 Å². The molecule has 1 aliphatic rings. The van der Waals surface area contributed by atoms with Gasteiger partial charge in [-0.15, -0.1) is 11.6 Å². The molecule has 0 radical (unpaired) electrons. The van der Waals surface area contributed by atoms with Gasteiger partial charge in [-0.3, -0.25) is 0 Å². The smallest absolute Gasteiger partial charge is 0.244 e. The molecule has 2 rings (SSSR count). The summed E-state index contributed by atoms with van der Waals surface area (Å²) < 4.78 is 29.2. The highest BCUT2D eigenvalue weighted by molar-refractivity contribution is 7.89. The Morgan fingerprint density at radius 1 is 1.45 bits per heavy atom. The largest absolute Gasteiger partial charge is 0.346 e. The molecule has 0 amide bonds. The second kappa shape index (κ2) is 6.08. The van der Waals surface area contributed by atoms with E-state index in [4.69, 9.17) is 11.6 Å². The molecule has 6 heteroatoms. The first kappa shape index (κ1) is 15.9. The molecule has 1 heterocycles. The first-order valence-corrected chi connectivity index (χ1v) is 9.17. The lowest BCUT2D eigenvalue weighted by molar-refractivity contribution is 0.403. The van der Waals surface area contributed by atoms with Crippen LogP contribution >= 0.6 is 11.6 Å². The maximum Gasteiger partial charge on any atom is 0.244 e. The van der Waals surface area contributed by atoms with Gasteiger partial charge in [-0.25, -0.2) is 8.42 Å². The van der Waals surface area contributed by atoms with E-state index < -0.39 is 10.0 Å². The molecule has 0 saturated heterocycles. The first-order chi connectivity index (χ1) is 9.41. The fourth-order valence-corrected chi connectivity index (χ4v) is 4.49. The van der Waals surface area contributed by atoms with Crippen LogP contribution in [0.25, 0.3) is 0 Å². The summed E-state index contributed by atoms with van der Waals surface area (Å²) in [4.78, 5) is 0.377. The molecule has 4 nitrogen and oxygen atoms in total. The van der Waals surface area contributed by atoms with Gasteiger partial charge in [0.05, 0.1) is 5.88 Å². The third kappa shape index (κ3) is 3.05. The first-order valence-electron chi connectivity index (χ1n) is 7.20. The van der Waals surface area contributed by atoms with Gasteiger partial charge in [-0.1, -0.05) is 6.92 Å². The number of alkyl halides is 1. The lowest BCUT2D eigenvalue weighted by atomic mass is 10.4. The van der Waals surface area contributed by atoms with E-state index in [1.54, 1.807) is 16.6 Å².